The van der Waals surface area contributed by atoms with Crippen LogP contribution in [0.25, 0.3) is 0 Å². The summed E-state index contributed by atoms with van der Waals surface area (Å²) in [6, 6.07) is 0. The number of ether oxygens (including phenoxy) is 4. The average molecular weight is 1370 g/mol. The highest BCUT2D eigenvalue weighted by Gasteiger charge is 2.30. The summed E-state index contributed by atoms with van der Waals surface area (Å²) in [6.07, 6.45) is 65.0. The number of allylic oxidation sites excluding steroid dienone is 10. The van der Waals surface area contributed by atoms with Crippen LogP contribution in [0.2, 0.25) is 0 Å². The van der Waals surface area contributed by atoms with Gasteiger partial charge in [0, 0.05) is 25.7 Å². The Kier molecular flexibility index (Phi) is 65.9. The fourth-order valence-corrected chi connectivity index (χ4v) is 11.8. The van der Waals surface area contributed by atoms with Crippen LogP contribution in [0.1, 0.15) is 336 Å². The third kappa shape index (κ3) is 67.3. The van der Waals surface area contributed by atoms with E-state index in [1.165, 1.54) is 103 Å². The minimum Gasteiger partial charge on any atom is -0.462 e. The van der Waals surface area contributed by atoms with Gasteiger partial charge in [-0.25, -0.2) is 9.13 Å². The molecule has 0 saturated heterocycles. The minimum atomic E-state index is -4.97. The Balaban J connectivity index is 5.31. The van der Waals surface area contributed by atoms with Gasteiger partial charge >= 0.3 is 39.5 Å². The summed E-state index contributed by atoms with van der Waals surface area (Å²) < 4.78 is 68.4. The van der Waals surface area contributed by atoms with Crippen LogP contribution in [0.4, 0.5) is 0 Å². The molecule has 0 aromatic heterocycles. The van der Waals surface area contributed by atoms with Gasteiger partial charge in [-0.3, -0.25) is 37.3 Å². The Bertz CT molecular complexity index is 2030. The summed E-state index contributed by atoms with van der Waals surface area (Å²) in [5, 5.41) is 10.6. The molecule has 3 N–H and O–H groups in total. The van der Waals surface area contributed by atoms with Gasteiger partial charge in [-0.15, -0.1) is 0 Å². The standard InChI is InChI=1S/C75H136O17P2/c1-5-9-13-17-21-25-29-32-34-37-41-44-48-52-56-60-73(78)86-66-71(92-75(80)62-58-54-50-46-42-38-35-33-30-26-22-18-14-10-6-2)68-90-94(83,84)88-64-69(76)63-87-93(81,82)89-67-70(91-74(79)61-57-53-49-45-39-28-24-20-16-12-8-4)65-85-72(77)59-55-51-47-43-40-36-31-27-23-19-15-11-7-3/h9,13,20-21,24-25,27,31-32,34,69-71,76H,5-8,10-12,14-19,22-23,26,28-30,33,35-68H2,1-4H3,(H,81,82)(H,83,84)/b13-9-,24-20-,25-21-,31-27-,34-32-. The van der Waals surface area contributed by atoms with Gasteiger partial charge in [-0.1, -0.05) is 268 Å². The summed E-state index contributed by atoms with van der Waals surface area (Å²) in [5.74, 6) is -2.19. The second kappa shape index (κ2) is 68.3. The highest BCUT2D eigenvalue weighted by Crippen LogP contribution is 2.45. The minimum absolute atomic E-state index is 0.0865. The van der Waals surface area contributed by atoms with Crippen LogP contribution in [0.5, 0.6) is 0 Å². The van der Waals surface area contributed by atoms with E-state index in [1.54, 1.807) is 0 Å². The Labute approximate surface area is 571 Å². The number of hydrogen-bond acceptors (Lipinski definition) is 15. The third-order valence-corrected chi connectivity index (χ3v) is 17.9. The highest BCUT2D eigenvalue weighted by atomic mass is 31.2. The lowest BCUT2D eigenvalue weighted by Crippen LogP contribution is -2.30. The van der Waals surface area contributed by atoms with Gasteiger partial charge in [-0.05, 0) is 103 Å². The predicted octanol–water partition coefficient (Wildman–Crippen LogP) is 21.1. The molecule has 0 saturated carbocycles. The molecule has 0 aliphatic heterocycles. The van der Waals surface area contributed by atoms with Crippen LogP contribution in [0, 0.1) is 0 Å². The molecule has 0 aliphatic rings. The lowest BCUT2D eigenvalue weighted by Gasteiger charge is -2.21. The number of aliphatic hydroxyl groups excluding tert-OH is 1. The largest absolute Gasteiger partial charge is 0.472 e. The van der Waals surface area contributed by atoms with Crippen molar-refractivity contribution < 1.29 is 80.2 Å². The maximum absolute atomic E-state index is 13.1. The van der Waals surface area contributed by atoms with Crippen molar-refractivity contribution in [3.05, 3.63) is 60.8 Å². The Hall–Kier alpha value is -3.24. The first-order valence-corrected chi connectivity index (χ1v) is 40.5. The molecule has 17 nitrogen and oxygen atoms in total. The number of esters is 4. The van der Waals surface area contributed by atoms with Crippen molar-refractivity contribution in [2.24, 2.45) is 0 Å². The molecular weight excluding hydrogens is 1230 g/mol. The molecule has 0 aromatic rings. The van der Waals surface area contributed by atoms with Crippen LogP contribution in [-0.2, 0) is 65.4 Å². The smallest absolute Gasteiger partial charge is 0.462 e. The summed E-state index contributed by atoms with van der Waals surface area (Å²) in [7, 11) is -9.93. The maximum Gasteiger partial charge on any atom is 0.472 e. The number of carbonyl (C=O) groups is 4. The molecule has 0 amide bonds. The van der Waals surface area contributed by atoms with E-state index in [9.17, 15) is 43.2 Å². The van der Waals surface area contributed by atoms with E-state index in [1.807, 2.05) is 0 Å². The van der Waals surface area contributed by atoms with Crippen LogP contribution in [0.15, 0.2) is 60.8 Å². The van der Waals surface area contributed by atoms with Crippen molar-refractivity contribution in [3.8, 4) is 0 Å². The average Bonchev–Trinajstić information content (AvgIpc) is 1.36. The van der Waals surface area contributed by atoms with Crippen LogP contribution in [-0.4, -0.2) is 96.7 Å². The van der Waals surface area contributed by atoms with Gasteiger partial charge in [0.25, 0.3) is 0 Å². The summed E-state index contributed by atoms with van der Waals surface area (Å²) in [4.78, 5) is 72.7. The topological polar surface area (TPSA) is 237 Å². The lowest BCUT2D eigenvalue weighted by molar-refractivity contribution is -0.161. The van der Waals surface area contributed by atoms with E-state index in [0.717, 1.165) is 154 Å². The first kappa shape index (κ1) is 90.8. The van der Waals surface area contributed by atoms with Gasteiger partial charge in [0.1, 0.15) is 19.3 Å². The van der Waals surface area contributed by atoms with Crippen molar-refractivity contribution in [1.29, 1.82) is 0 Å². The number of hydrogen-bond donors (Lipinski definition) is 3. The van der Waals surface area contributed by atoms with Crippen molar-refractivity contribution in [2.75, 3.05) is 39.6 Å². The number of carbonyl (C=O) groups excluding carboxylic acids is 4. The third-order valence-electron chi connectivity index (χ3n) is 16.0. The first-order chi connectivity index (χ1) is 45.7. The number of aliphatic hydroxyl groups is 1. The molecule has 94 heavy (non-hydrogen) atoms. The SMILES string of the molecule is CC/C=C\C/C=C\C/C=C\CCCCCCCC(=O)OCC(COP(=O)(O)OCC(O)COP(=O)(O)OCC(COC(=O)CCCCCCC/C=C\CCCCCC)OC(=O)CCCCCCC/C=C\CCCC)OC(=O)CCCCCCCCCCCCCCCCC. The molecular formula is C75H136O17P2. The van der Waals surface area contributed by atoms with E-state index in [-0.39, 0.29) is 25.7 Å². The molecule has 0 rings (SSSR count). The van der Waals surface area contributed by atoms with Crippen LogP contribution >= 0.6 is 15.6 Å². The van der Waals surface area contributed by atoms with E-state index in [2.05, 4.69) is 88.5 Å². The zero-order chi connectivity index (χ0) is 69.0. The molecule has 5 atom stereocenters. The zero-order valence-corrected chi connectivity index (χ0v) is 61.4. The van der Waals surface area contributed by atoms with E-state index in [0.29, 0.717) is 25.7 Å². The summed E-state index contributed by atoms with van der Waals surface area (Å²) in [6.45, 7) is 4.71. The fourth-order valence-electron chi connectivity index (χ4n) is 10.2. The molecule has 5 unspecified atom stereocenters. The van der Waals surface area contributed by atoms with Crippen molar-refractivity contribution >= 4 is 39.5 Å². The molecule has 0 aliphatic carbocycles. The monoisotopic (exact) mass is 1370 g/mol. The van der Waals surface area contributed by atoms with Gasteiger partial charge < -0.3 is 33.8 Å². The summed E-state index contributed by atoms with van der Waals surface area (Å²) in [5.41, 5.74) is 0. The number of rotatable bonds is 71. The van der Waals surface area contributed by atoms with E-state index < -0.39 is 97.5 Å². The molecule has 0 aromatic carbocycles. The Morgan fingerprint density at radius 1 is 0.309 bits per heavy atom. The predicted molar refractivity (Wildman–Crippen MR) is 381 cm³/mol. The van der Waals surface area contributed by atoms with Crippen molar-refractivity contribution in [1.82, 2.24) is 0 Å². The van der Waals surface area contributed by atoms with Gasteiger partial charge in [-0.2, -0.15) is 0 Å². The van der Waals surface area contributed by atoms with Crippen molar-refractivity contribution in [2.45, 2.75) is 354 Å². The van der Waals surface area contributed by atoms with Gasteiger partial charge in [0.2, 0.25) is 0 Å². The van der Waals surface area contributed by atoms with Crippen LogP contribution in [0.3, 0.4) is 0 Å². The summed E-state index contributed by atoms with van der Waals surface area (Å²) >= 11 is 0. The Morgan fingerprint density at radius 2 is 0.564 bits per heavy atom. The van der Waals surface area contributed by atoms with Gasteiger partial charge in [0.15, 0.2) is 12.2 Å². The lowest BCUT2D eigenvalue weighted by atomic mass is 10.0. The van der Waals surface area contributed by atoms with E-state index >= 15 is 0 Å². The molecule has 0 bridgehead atoms. The molecule has 0 heterocycles. The first-order valence-electron chi connectivity index (χ1n) is 37.5. The van der Waals surface area contributed by atoms with Crippen molar-refractivity contribution in [3.63, 3.8) is 0 Å². The van der Waals surface area contributed by atoms with Gasteiger partial charge in [0.05, 0.1) is 26.4 Å². The number of phosphoric ester groups is 2. The maximum atomic E-state index is 13.1. The molecule has 548 valence electrons. The molecule has 0 radical (unpaired) electrons. The normalized spacial score (nSPS) is 14.3. The molecule has 0 fully saturated rings. The Morgan fingerprint density at radius 3 is 0.904 bits per heavy atom. The highest BCUT2D eigenvalue weighted by molar-refractivity contribution is 7.47. The second-order valence-corrected chi connectivity index (χ2v) is 28.1. The van der Waals surface area contributed by atoms with Crippen LogP contribution < -0.4 is 0 Å². The number of phosphoric acid groups is 2. The number of unbranched alkanes of at least 4 members (excludes halogenated alkanes) is 35. The van der Waals surface area contributed by atoms with E-state index in [4.69, 9.17) is 37.0 Å². The second-order valence-electron chi connectivity index (χ2n) is 25.2. The quantitative estimate of drug-likeness (QED) is 0.0169. The zero-order valence-electron chi connectivity index (χ0n) is 59.6. The fraction of sp³-hybridized carbons (Fsp3) is 0.813. The molecule has 19 heteroatoms. The molecule has 0 spiro atoms.